The molecule has 0 unspecified atom stereocenters. The van der Waals surface area contributed by atoms with E-state index < -0.39 is 0 Å². The number of unbranched alkanes of at least 4 members (excludes halogenated alkanes) is 1. The van der Waals surface area contributed by atoms with Crippen molar-refractivity contribution in [1.82, 2.24) is 19.4 Å². The zero-order valence-electron chi connectivity index (χ0n) is 18.3. The van der Waals surface area contributed by atoms with Gasteiger partial charge in [0.25, 0.3) is 5.56 Å². The fourth-order valence-corrected chi connectivity index (χ4v) is 5.06. The smallest absolute Gasteiger partial charge is 0.263 e. The number of likely N-dealkylation sites (tertiary alicyclic amines) is 1. The van der Waals surface area contributed by atoms with E-state index in [9.17, 15) is 4.79 Å². The summed E-state index contributed by atoms with van der Waals surface area (Å²) in [5.41, 5.74) is 6.48. The van der Waals surface area contributed by atoms with Crippen LogP contribution in [0, 0.1) is 11.8 Å². The fraction of sp³-hybridized carbons (Fsp3) is 0.696. The summed E-state index contributed by atoms with van der Waals surface area (Å²) in [5.74, 6) is 2.18. The van der Waals surface area contributed by atoms with Gasteiger partial charge < -0.3 is 20.5 Å². The number of nitrogens with one attached hydrogen (secondary N) is 1. The van der Waals surface area contributed by atoms with Crippen LogP contribution in [-0.4, -0.2) is 45.6 Å². The number of nitrogens with two attached hydrogens (primary N) is 1. The lowest BCUT2D eigenvalue weighted by Crippen LogP contribution is -2.31. The molecule has 164 valence electrons. The molecule has 0 radical (unpaired) electrons. The van der Waals surface area contributed by atoms with Crippen LogP contribution in [0.3, 0.4) is 0 Å². The minimum absolute atomic E-state index is 0.00862. The maximum absolute atomic E-state index is 13.3. The monoisotopic (exact) mass is 412 g/mol. The third kappa shape index (κ3) is 4.94. The van der Waals surface area contributed by atoms with E-state index in [1.165, 1.54) is 58.2 Å². The average molecular weight is 413 g/mol. The van der Waals surface area contributed by atoms with Crippen LogP contribution < -0.4 is 16.6 Å². The van der Waals surface area contributed by atoms with Crippen LogP contribution in [0.15, 0.2) is 17.1 Å². The first-order valence-corrected chi connectivity index (χ1v) is 11.8. The van der Waals surface area contributed by atoms with Gasteiger partial charge in [-0.15, -0.1) is 0 Å². The lowest BCUT2D eigenvalue weighted by Gasteiger charge is -2.31. The summed E-state index contributed by atoms with van der Waals surface area (Å²) in [6.07, 6.45) is 11.7. The molecule has 3 N–H and O–H groups in total. The molecule has 30 heavy (non-hydrogen) atoms. The predicted molar refractivity (Wildman–Crippen MR) is 123 cm³/mol. The lowest BCUT2D eigenvalue weighted by atomic mass is 9.81. The normalized spacial score (nSPS) is 22.6. The molecule has 1 saturated heterocycles. The number of nitrogen functional groups attached to an aromatic ring is 1. The van der Waals surface area contributed by atoms with E-state index in [1.807, 2.05) is 16.8 Å². The molecule has 0 atom stereocenters. The van der Waals surface area contributed by atoms with Crippen LogP contribution in [0.1, 0.15) is 58.3 Å². The molecule has 2 aromatic rings. The molecule has 0 spiro atoms. The van der Waals surface area contributed by atoms with Crippen molar-refractivity contribution in [3.05, 3.63) is 22.6 Å². The van der Waals surface area contributed by atoms with Gasteiger partial charge >= 0.3 is 0 Å². The minimum Gasteiger partial charge on any atom is -0.369 e. The number of nitrogens with zero attached hydrogens (tertiary/aromatic N) is 4. The van der Waals surface area contributed by atoms with Crippen molar-refractivity contribution in [2.45, 2.75) is 64.8 Å². The van der Waals surface area contributed by atoms with E-state index in [2.05, 4.69) is 27.1 Å². The van der Waals surface area contributed by atoms with Gasteiger partial charge in [0.2, 0.25) is 5.95 Å². The Morgan fingerprint density at radius 3 is 2.50 bits per heavy atom. The molecule has 4 rings (SSSR count). The highest BCUT2D eigenvalue weighted by Gasteiger charge is 2.25. The number of pyridine rings is 1. The van der Waals surface area contributed by atoms with Gasteiger partial charge in [-0.3, -0.25) is 4.79 Å². The molecule has 3 heterocycles. The summed E-state index contributed by atoms with van der Waals surface area (Å²) in [6.45, 7) is 7.54. The van der Waals surface area contributed by atoms with Gasteiger partial charge in [-0.05, 0) is 75.9 Å². The largest absolute Gasteiger partial charge is 0.369 e. The second kappa shape index (κ2) is 9.77. The Bertz CT molecular complexity index is 896. The molecule has 0 amide bonds. The van der Waals surface area contributed by atoms with Gasteiger partial charge in [-0.25, -0.2) is 4.98 Å². The highest BCUT2D eigenvalue weighted by Crippen LogP contribution is 2.31. The number of aromatic nitrogens is 3. The van der Waals surface area contributed by atoms with Crippen LogP contribution in [0.4, 0.5) is 11.8 Å². The average Bonchev–Trinajstić information content (AvgIpc) is 3.24. The van der Waals surface area contributed by atoms with Crippen molar-refractivity contribution in [3.63, 3.8) is 0 Å². The van der Waals surface area contributed by atoms with Crippen molar-refractivity contribution in [3.8, 4) is 0 Å². The predicted octanol–water partition coefficient (Wildman–Crippen LogP) is 3.49. The van der Waals surface area contributed by atoms with Gasteiger partial charge in [-0.1, -0.05) is 13.3 Å². The Balaban J connectivity index is 1.44. The zero-order chi connectivity index (χ0) is 20.9. The third-order valence-electron chi connectivity index (χ3n) is 6.80. The quantitative estimate of drug-likeness (QED) is 0.645. The lowest BCUT2D eigenvalue weighted by molar-refractivity contribution is 0.193. The van der Waals surface area contributed by atoms with Crippen molar-refractivity contribution >= 4 is 22.7 Å². The van der Waals surface area contributed by atoms with Gasteiger partial charge in [0.15, 0.2) is 0 Å². The number of anilines is 2. The van der Waals surface area contributed by atoms with Crippen molar-refractivity contribution in [1.29, 1.82) is 0 Å². The number of hydrogen-bond acceptors (Lipinski definition) is 6. The Hall–Kier alpha value is -2.15. The first kappa shape index (κ1) is 21.1. The molecule has 2 aromatic heterocycles. The van der Waals surface area contributed by atoms with E-state index in [-0.39, 0.29) is 11.5 Å². The Labute approximate surface area is 179 Å². The van der Waals surface area contributed by atoms with Crippen LogP contribution in [0.25, 0.3) is 10.9 Å². The van der Waals surface area contributed by atoms with Crippen molar-refractivity contribution in [2.75, 3.05) is 37.2 Å². The second-order valence-electron chi connectivity index (χ2n) is 9.14. The summed E-state index contributed by atoms with van der Waals surface area (Å²) >= 11 is 0. The summed E-state index contributed by atoms with van der Waals surface area (Å²) < 4.78 is 1.86. The zero-order valence-corrected chi connectivity index (χ0v) is 18.3. The standard InChI is InChI=1S/C23H36N6O/c1-2-3-11-25-21-20-19(26-23(24)27-21)10-14-29(22(20)30)16-18-8-6-17(7-9-18)15-28-12-4-5-13-28/h10,14,17-18H,2-9,11-13,15-16H2,1H3,(H3,24,25,26,27). The van der Waals surface area contributed by atoms with Gasteiger partial charge in [0, 0.05) is 25.8 Å². The maximum Gasteiger partial charge on any atom is 0.263 e. The van der Waals surface area contributed by atoms with E-state index in [0.29, 0.717) is 22.6 Å². The van der Waals surface area contributed by atoms with Crippen molar-refractivity contribution in [2.24, 2.45) is 11.8 Å². The topological polar surface area (TPSA) is 89.1 Å². The fourth-order valence-electron chi connectivity index (χ4n) is 5.06. The number of fused-ring (bicyclic) bond motifs is 1. The molecule has 7 nitrogen and oxygen atoms in total. The van der Waals surface area contributed by atoms with Crippen LogP contribution in [0.2, 0.25) is 0 Å². The van der Waals surface area contributed by atoms with Crippen molar-refractivity contribution < 1.29 is 0 Å². The summed E-state index contributed by atoms with van der Waals surface area (Å²) in [5, 5.41) is 3.85. The van der Waals surface area contributed by atoms with E-state index in [0.717, 1.165) is 31.8 Å². The summed E-state index contributed by atoms with van der Waals surface area (Å²) in [4.78, 5) is 24.5. The second-order valence-corrected chi connectivity index (χ2v) is 9.14. The van der Waals surface area contributed by atoms with Gasteiger partial charge in [-0.2, -0.15) is 4.98 Å². The molecule has 2 fully saturated rings. The maximum atomic E-state index is 13.3. The molecule has 2 aliphatic rings. The highest BCUT2D eigenvalue weighted by atomic mass is 16.1. The number of rotatable bonds is 8. The first-order valence-electron chi connectivity index (χ1n) is 11.8. The molecular formula is C23H36N6O. The molecule has 1 aliphatic heterocycles. The highest BCUT2D eigenvalue weighted by molar-refractivity contribution is 5.89. The Morgan fingerprint density at radius 1 is 1.10 bits per heavy atom. The summed E-state index contributed by atoms with van der Waals surface area (Å²) in [7, 11) is 0. The minimum atomic E-state index is -0.00862. The molecule has 0 aromatic carbocycles. The Kier molecular flexibility index (Phi) is 6.87. The number of hydrogen-bond donors (Lipinski definition) is 2. The SMILES string of the molecule is CCCCNc1nc(N)nc2ccn(CC3CCC(CN4CCCC4)CC3)c(=O)c12. The molecular weight excluding hydrogens is 376 g/mol. The molecule has 7 heteroatoms. The van der Waals surface area contributed by atoms with E-state index >= 15 is 0 Å². The summed E-state index contributed by atoms with van der Waals surface area (Å²) in [6, 6.07) is 1.90. The third-order valence-corrected chi connectivity index (χ3v) is 6.80. The molecule has 1 saturated carbocycles. The van der Waals surface area contributed by atoms with Crippen LogP contribution in [0.5, 0.6) is 0 Å². The van der Waals surface area contributed by atoms with Gasteiger partial charge in [0.1, 0.15) is 11.2 Å². The van der Waals surface area contributed by atoms with Crippen LogP contribution in [-0.2, 0) is 6.54 Å². The Morgan fingerprint density at radius 2 is 1.80 bits per heavy atom. The van der Waals surface area contributed by atoms with E-state index in [4.69, 9.17) is 5.73 Å². The molecule has 0 bridgehead atoms. The van der Waals surface area contributed by atoms with Crippen LogP contribution >= 0.6 is 0 Å². The molecule has 1 aliphatic carbocycles. The first-order chi connectivity index (χ1) is 14.6. The van der Waals surface area contributed by atoms with E-state index in [1.54, 1.807) is 0 Å². The van der Waals surface area contributed by atoms with Gasteiger partial charge in [0.05, 0.1) is 5.52 Å².